The number of fused-ring (bicyclic) bond motifs is 1. The molecule has 0 spiro atoms. The van der Waals surface area contributed by atoms with Crippen LogP contribution in [0.2, 0.25) is 0 Å². The minimum absolute atomic E-state index is 0.00758. The fourth-order valence-corrected chi connectivity index (χ4v) is 4.16. The highest BCUT2D eigenvalue weighted by molar-refractivity contribution is 7.94. The smallest absolute Gasteiger partial charge is 0.209 e. The average Bonchev–Trinajstić information content (AvgIpc) is 2.73. The Kier molecular flexibility index (Phi) is 6.26. The molecule has 0 fully saturated rings. The van der Waals surface area contributed by atoms with E-state index in [0.717, 1.165) is 23.5 Å². The summed E-state index contributed by atoms with van der Waals surface area (Å²) in [7, 11) is 0. The van der Waals surface area contributed by atoms with Gasteiger partial charge in [-0.1, -0.05) is 32.2 Å². The molecule has 1 aliphatic rings. The van der Waals surface area contributed by atoms with Crippen molar-refractivity contribution in [2.24, 2.45) is 5.92 Å². The van der Waals surface area contributed by atoms with Crippen molar-refractivity contribution in [1.82, 2.24) is 0 Å². The maximum absolute atomic E-state index is 8.35. The van der Waals surface area contributed by atoms with Crippen LogP contribution < -0.4 is 0 Å². The molecule has 1 heterocycles. The van der Waals surface area contributed by atoms with Crippen LogP contribution in [-0.2, 0) is 14.8 Å². The van der Waals surface area contributed by atoms with Crippen LogP contribution in [0.1, 0.15) is 59.4 Å². The summed E-state index contributed by atoms with van der Waals surface area (Å²) >= 11 is 1.02. The molecule has 0 atom stereocenters. The van der Waals surface area contributed by atoms with Gasteiger partial charge < -0.3 is 0 Å². The van der Waals surface area contributed by atoms with Crippen LogP contribution in [0, 0.1) is 5.92 Å². The van der Waals surface area contributed by atoms with Gasteiger partial charge in [-0.05, 0) is 32.4 Å². The molecule has 0 radical (unpaired) electrons. The van der Waals surface area contributed by atoms with E-state index in [2.05, 4.69) is 60.7 Å². The van der Waals surface area contributed by atoms with Crippen molar-refractivity contribution >= 4 is 23.4 Å². The van der Waals surface area contributed by atoms with E-state index in [1.54, 1.807) is 0 Å². The van der Waals surface area contributed by atoms with Gasteiger partial charge in [0.15, 0.2) is 5.71 Å². The summed E-state index contributed by atoms with van der Waals surface area (Å²) in [5.41, 5.74) is 4.07. The van der Waals surface area contributed by atoms with Crippen molar-refractivity contribution in [3.63, 3.8) is 0 Å². The van der Waals surface area contributed by atoms with Gasteiger partial charge in [0, 0.05) is 28.9 Å². The number of rotatable bonds is 8. The first-order valence-electron chi connectivity index (χ1n) is 8.37. The normalized spacial score (nSPS) is 16.3. The maximum atomic E-state index is 8.35. The highest BCUT2D eigenvalue weighted by atomic mass is 32.2. The largest absolute Gasteiger partial charge is 0.220 e. The lowest BCUT2D eigenvalue weighted by atomic mass is 9.77. The van der Waals surface area contributed by atoms with Crippen LogP contribution in [0.4, 0.5) is 5.69 Å². The molecule has 5 heteroatoms. The topological polar surface area (TPSA) is 41.7 Å². The molecule has 0 bridgehead atoms. The van der Waals surface area contributed by atoms with Crippen LogP contribution in [0.3, 0.4) is 0 Å². The molecule has 1 aromatic carbocycles. The lowest BCUT2D eigenvalue weighted by molar-refractivity contribution is -0.441. The van der Waals surface area contributed by atoms with Gasteiger partial charge in [-0.15, -0.1) is 4.33 Å². The molecule has 0 aliphatic carbocycles. The molecule has 1 aliphatic heterocycles. The number of nitrogens with zero attached hydrogens (tertiary/aromatic N) is 1. The minimum Gasteiger partial charge on any atom is -0.220 e. The predicted molar refractivity (Wildman–Crippen MR) is 94.3 cm³/mol. The van der Waals surface area contributed by atoms with Crippen LogP contribution in [0.5, 0.6) is 0 Å². The molecular formula is C18H28NO3S+. The summed E-state index contributed by atoms with van der Waals surface area (Å²) in [6.07, 6.45) is 3.70. The average molecular weight is 338 g/mol. The van der Waals surface area contributed by atoms with E-state index in [0.29, 0.717) is 5.92 Å². The van der Waals surface area contributed by atoms with Crippen molar-refractivity contribution in [3.05, 3.63) is 23.8 Å². The molecule has 4 nitrogen and oxygen atoms in total. The molecule has 2 rings (SSSR count). The van der Waals surface area contributed by atoms with Crippen molar-refractivity contribution in [1.29, 1.82) is 0 Å². The first-order valence-corrected chi connectivity index (χ1v) is 9.11. The summed E-state index contributed by atoms with van der Waals surface area (Å²) in [6.45, 7) is 12.4. The Morgan fingerprint density at radius 2 is 2.00 bits per heavy atom. The molecule has 0 saturated heterocycles. The third kappa shape index (κ3) is 3.79. The summed E-state index contributed by atoms with van der Waals surface area (Å²) in [5.74, 6) is 0.493. The van der Waals surface area contributed by atoms with Crippen molar-refractivity contribution in [2.75, 3.05) is 6.54 Å². The Morgan fingerprint density at radius 1 is 1.26 bits per heavy atom. The Labute approximate surface area is 143 Å². The molecule has 23 heavy (non-hydrogen) atoms. The van der Waals surface area contributed by atoms with Crippen molar-refractivity contribution in [2.45, 2.75) is 64.2 Å². The van der Waals surface area contributed by atoms with Gasteiger partial charge >= 0.3 is 0 Å². The second kappa shape index (κ2) is 7.79. The van der Waals surface area contributed by atoms with Gasteiger partial charge in [0.05, 0.1) is 17.5 Å². The van der Waals surface area contributed by atoms with E-state index in [9.17, 15) is 0 Å². The first-order chi connectivity index (χ1) is 10.9. The third-order valence-corrected chi connectivity index (χ3v) is 5.13. The zero-order chi connectivity index (χ0) is 17.0. The summed E-state index contributed by atoms with van der Waals surface area (Å²) < 4.78 is 7.09. The lowest BCUT2D eigenvalue weighted by Crippen LogP contribution is -2.33. The third-order valence-electron chi connectivity index (χ3n) is 4.56. The van der Waals surface area contributed by atoms with Crippen LogP contribution in [0.25, 0.3) is 0 Å². The number of hydrogen-bond donors (Lipinski definition) is 1. The summed E-state index contributed by atoms with van der Waals surface area (Å²) in [4.78, 5) is 0.921. The highest BCUT2D eigenvalue weighted by Crippen LogP contribution is 2.43. The summed E-state index contributed by atoms with van der Waals surface area (Å²) in [5, 5.41) is 12.1. The fraction of sp³-hybridized carbons (Fsp3) is 0.611. The van der Waals surface area contributed by atoms with Crippen molar-refractivity contribution < 1.29 is 19.2 Å². The van der Waals surface area contributed by atoms with Crippen molar-refractivity contribution in [3.8, 4) is 0 Å². The molecule has 0 amide bonds. The van der Waals surface area contributed by atoms with E-state index in [-0.39, 0.29) is 5.41 Å². The minimum atomic E-state index is -0.00758. The lowest BCUT2D eigenvalue weighted by Gasteiger charge is -2.20. The first kappa shape index (κ1) is 18.5. The molecule has 0 saturated carbocycles. The molecule has 128 valence electrons. The Balaban J connectivity index is 2.40. The zero-order valence-electron chi connectivity index (χ0n) is 14.8. The van der Waals surface area contributed by atoms with Crippen LogP contribution >= 0.6 is 12.0 Å². The van der Waals surface area contributed by atoms with Gasteiger partial charge in [0.25, 0.3) is 0 Å². The summed E-state index contributed by atoms with van der Waals surface area (Å²) in [6, 6.07) is 6.30. The van der Waals surface area contributed by atoms with E-state index in [1.165, 1.54) is 36.2 Å². The maximum Gasteiger partial charge on any atom is 0.209 e. The molecular weight excluding hydrogens is 310 g/mol. The molecule has 0 aromatic heterocycles. The Morgan fingerprint density at radius 3 is 2.61 bits per heavy atom. The van der Waals surface area contributed by atoms with E-state index >= 15 is 0 Å². The number of hydrogen-bond acceptors (Lipinski definition) is 4. The highest BCUT2D eigenvalue weighted by Gasteiger charge is 2.46. The number of unbranched alkanes of at least 4 members (excludes halogenated alkanes) is 2. The molecule has 1 N–H and O–H groups in total. The second-order valence-electron chi connectivity index (χ2n) is 6.93. The van der Waals surface area contributed by atoms with Gasteiger partial charge in [-0.2, -0.15) is 4.58 Å². The molecule has 0 unspecified atom stereocenters. The Bertz CT molecular complexity index is 582. The number of benzene rings is 1. The van der Waals surface area contributed by atoms with E-state index in [1.807, 2.05) is 6.07 Å². The van der Waals surface area contributed by atoms with Gasteiger partial charge in [0.2, 0.25) is 5.69 Å². The van der Waals surface area contributed by atoms with Crippen LogP contribution in [0.15, 0.2) is 23.1 Å². The van der Waals surface area contributed by atoms with Gasteiger partial charge in [-0.25, -0.2) is 5.26 Å². The predicted octanol–water partition coefficient (Wildman–Crippen LogP) is 5.34. The van der Waals surface area contributed by atoms with Gasteiger partial charge in [-0.3, -0.25) is 0 Å². The molecule has 1 aromatic rings. The fourth-order valence-electron chi connectivity index (χ4n) is 3.76. The Hall–Kier alpha value is -0.880. The monoisotopic (exact) mass is 338 g/mol. The van der Waals surface area contributed by atoms with E-state index < -0.39 is 0 Å². The standard InChI is InChI=1S/C18H27NO3S/c1-6-7-8-11-19-16-10-9-14(23-22-21-20)12-15(16)18(4,5)17(19)13(2)3/h9-10,12-13H,6-8,11H2,1-5H3/p+1. The van der Waals surface area contributed by atoms with Crippen LogP contribution in [-0.4, -0.2) is 22.1 Å². The SMILES string of the molecule is CCCCC[N+]1=C(C(C)C)C(C)(C)c2cc(SOOO)ccc21. The zero-order valence-corrected chi connectivity index (χ0v) is 15.6. The second-order valence-corrected chi connectivity index (χ2v) is 7.70. The quantitative estimate of drug-likeness (QED) is 0.228. The van der Waals surface area contributed by atoms with Gasteiger partial charge in [0.1, 0.15) is 6.54 Å². The van der Waals surface area contributed by atoms with E-state index in [4.69, 9.17) is 5.26 Å².